The summed E-state index contributed by atoms with van der Waals surface area (Å²) in [4.78, 5) is 25.4. The highest BCUT2D eigenvalue weighted by atomic mass is 16.4. The molecule has 5 heteroatoms. The van der Waals surface area contributed by atoms with Crippen molar-refractivity contribution in [3.8, 4) is 0 Å². The van der Waals surface area contributed by atoms with Crippen molar-refractivity contribution in [3.05, 3.63) is 0 Å². The first-order chi connectivity index (χ1) is 9.04. The maximum Gasteiger partial charge on any atom is 0.326 e. The highest BCUT2D eigenvalue weighted by Crippen LogP contribution is 2.27. The minimum atomic E-state index is -0.874. The average molecular weight is 268 g/mol. The first kappa shape index (κ1) is 14.3. The van der Waals surface area contributed by atoms with Crippen LogP contribution in [0, 0.1) is 11.8 Å². The lowest BCUT2D eigenvalue weighted by atomic mass is 9.89. The Hall–Kier alpha value is -1.10. The molecule has 2 fully saturated rings. The van der Waals surface area contributed by atoms with E-state index in [-0.39, 0.29) is 17.9 Å². The first-order valence-corrected chi connectivity index (χ1v) is 7.31. The maximum atomic E-state index is 12.5. The third-order valence-electron chi connectivity index (χ3n) is 4.62. The zero-order valence-corrected chi connectivity index (χ0v) is 11.8. The third-order valence-corrected chi connectivity index (χ3v) is 4.62. The van der Waals surface area contributed by atoms with E-state index in [1.54, 1.807) is 4.90 Å². The number of carbonyl (C=O) groups excluding carboxylic acids is 1. The van der Waals surface area contributed by atoms with Crippen LogP contribution in [-0.4, -0.2) is 47.1 Å². The zero-order chi connectivity index (χ0) is 14.0. The Morgan fingerprint density at radius 1 is 1.37 bits per heavy atom. The van der Waals surface area contributed by atoms with E-state index in [0.29, 0.717) is 12.5 Å². The molecule has 0 aromatic carbocycles. The number of hydrogen-bond donors (Lipinski definition) is 2. The van der Waals surface area contributed by atoms with Gasteiger partial charge in [0.05, 0.1) is 6.04 Å². The summed E-state index contributed by atoms with van der Waals surface area (Å²) in [6, 6.07) is -0.831. The molecule has 108 valence electrons. The fourth-order valence-corrected chi connectivity index (χ4v) is 3.33. The van der Waals surface area contributed by atoms with Gasteiger partial charge in [0, 0.05) is 6.54 Å². The highest BCUT2D eigenvalue weighted by molar-refractivity contribution is 5.87. The first-order valence-electron chi connectivity index (χ1n) is 7.31. The van der Waals surface area contributed by atoms with Crippen LogP contribution in [0.1, 0.15) is 39.5 Å². The molecule has 4 atom stereocenters. The van der Waals surface area contributed by atoms with Crippen molar-refractivity contribution < 1.29 is 14.7 Å². The summed E-state index contributed by atoms with van der Waals surface area (Å²) in [5, 5.41) is 12.5. The Labute approximate surface area is 114 Å². The van der Waals surface area contributed by atoms with E-state index in [2.05, 4.69) is 12.2 Å². The highest BCUT2D eigenvalue weighted by Gasteiger charge is 2.42. The molecule has 0 aliphatic carbocycles. The Balaban J connectivity index is 2.04. The van der Waals surface area contributed by atoms with Gasteiger partial charge in [-0.2, -0.15) is 0 Å². The molecule has 5 nitrogen and oxygen atoms in total. The molecule has 0 spiro atoms. The van der Waals surface area contributed by atoms with Crippen LogP contribution in [0.5, 0.6) is 0 Å². The zero-order valence-electron chi connectivity index (χ0n) is 11.8. The SMILES string of the molecule is CCC1CCNC(C(=O)N2CCC(C)C2C(=O)O)C1. The van der Waals surface area contributed by atoms with Crippen molar-refractivity contribution in [3.63, 3.8) is 0 Å². The van der Waals surface area contributed by atoms with Gasteiger partial charge in [-0.3, -0.25) is 4.79 Å². The minimum Gasteiger partial charge on any atom is -0.480 e. The van der Waals surface area contributed by atoms with E-state index >= 15 is 0 Å². The van der Waals surface area contributed by atoms with Crippen molar-refractivity contribution in [2.75, 3.05) is 13.1 Å². The van der Waals surface area contributed by atoms with Crippen LogP contribution in [0.15, 0.2) is 0 Å². The van der Waals surface area contributed by atoms with Crippen LogP contribution in [0.4, 0.5) is 0 Å². The average Bonchev–Trinajstić information content (AvgIpc) is 2.80. The summed E-state index contributed by atoms with van der Waals surface area (Å²) in [7, 11) is 0. The Morgan fingerprint density at radius 2 is 2.11 bits per heavy atom. The molecule has 0 aromatic heterocycles. The predicted molar refractivity (Wildman–Crippen MR) is 71.7 cm³/mol. The monoisotopic (exact) mass is 268 g/mol. The standard InChI is InChI=1S/C14H24N2O3/c1-3-10-4-6-15-11(8-10)13(17)16-7-5-9(2)12(16)14(18)19/h9-12,15H,3-8H2,1-2H3,(H,18,19). The fourth-order valence-electron chi connectivity index (χ4n) is 3.33. The number of rotatable bonds is 3. The molecule has 4 unspecified atom stereocenters. The number of carboxylic acids is 1. The van der Waals surface area contributed by atoms with E-state index in [1.807, 2.05) is 6.92 Å². The number of carbonyl (C=O) groups is 2. The molecule has 0 saturated carbocycles. The predicted octanol–water partition coefficient (Wildman–Crippen LogP) is 1.09. The largest absolute Gasteiger partial charge is 0.480 e. The number of aliphatic carboxylic acids is 1. The number of piperidine rings is 1. The molecular formula is C14H24N2O3. The second kappa shape index (κ2) is 5.90. The Morgan fingerprint density at radius 3 is 2.74 bits per heavy atom. The fraction of sp³-hybridized carbons (Fsp3) is 0.857. The molecular weight excluding hydrogens is 244 g/mol. The number of likely N-dealkylation sites (tertiary alicyclic amines) is 1. The molecule has 2 saturated heterocycles. The lowest BCUT2D eigenvalue weighted by Crippen LogP contribution is -2.53. The van der Waals surface area contributed by atoms with Gasteiger partial charge in [-0.25, -0.2) is 4.79 Å². The molecule has 2 aliphatic heterocycles. The van der Waals surface area contributed by atoms with Gasteiger partial charge in [0.1, 0.15) is 6.04 Å². The lowest BCUT2D eigenvalue weighted by Gasteiger charge is -2.33. The quantitative estimate of drug-likeness (QED) is 0.804. The van der Waals surface area contributed by atoms with E-state index in [4.69, 9.17) is 0 Å². The van der Waals surface area contributed by atoms with E-state index in [0.717, 1.165) is 32.2 Å². The Bertz CT molecular complexity index is 359. The molecule has 2 N–H and O–H groups in total. The number of hydrogen-bond acceptors (Lipinski definition) is 3. The smallest absolute Gasteiger partial charge is 0.326 e. The molecule has 0 bridgehead atoms. The topological polar surface area (TPSA) is 69.6 Å². The molecule has 2 heterocycles. The van der Waals surface area contributed by atoms with Gasteiger partial charge in [0.2, 0.25) is 5.91 Å². The molecule has 19 heavy (non-hydrogen) atoms. The van der Waals surface area contributed by atoms with Crippen LogP contribution in [-0.2, 0) is 9.59 Å². The van der Waals surface area contributed by atoms with E-state index < -0.39 is 12.0 Å². The number of carboxylic acid groups (broad SMARTS) is 1. The van der Waals surface area contributed by atoms with Gasteiger partial charge in [-0.1, -0.05) is 20.3 Å². The summed E-state index contributed by atoms with van der Waals surface area (Å²) < 4.78 is 0. The minimum absolute atomic E-state index is 0.0186. The number of nitrogens with zero attached hydrogens (tertiary/aromatic N) is 1. The molecule has 0 radical (unpaired) electrons. The van der Waals surface area contributed by atoms with Gasteiger partial charge < -0.3 is 15.3 Å². The molecule has 1 amide bonds. The normalized spacial score (nSPS) is 35.4. The van der Waals surface area contributed by atoms with E-state index in [1.165, 1.54) is 0 Å². The lowest BCUT2D eigenvalue weighted by molar-refractivity contribution is -0.150. The summed E-state index contributed by atoms with van der Waals surface area (Å²) in [6.45, 7) is 5.49. The summed E-state index contributed by atoms with van der Waals surface area (Å²) in [5.41, 5.74) is 0. The molecule has 2 aliphatic rings. The molecule has 0 aromatic rings. The van der Waals surface area contributed by atoms with Gasteiger partial charge in [0.15, 0.2) is 0 Å². The Kier molecular flexibility index (Phi) is 4.45. The summed E-state index contributed by atoms with van der Waals surface area (Å²) >= 11 is 0. The van der Waals surface area contributed by atoms with E-state index in [9.17, 15) is 14.7 Å². The third kappa shape index (κ3) is 2.91. The van der Waals surface area contributed by atoms with Gasteiger partial charge in [-0.05, 0) is 37.6 Å². The number of amides is 1. The van der Waals surface area contributed by atoms with Gasteiger partial charge >= 0.3 is 5.97 Å². The van der Waals surface area contributed by atoms with Crippen LogP contribution >= 0.6 is 0 Å². The number of nitrogens with one attached hydrogen (secondary N) is 1. The van der Waals surface area contributed by atoms with Gasteiger partial charge in [-0.15, -0.1) is 0 Å². The van der Waals surface area contributed by atoms with Crippen LogP contribution in [0.2, 0.25) is 0 Å². The second-order valence-electron chi connectivity index (χ2n) is 5.89. The van der Waals surface area contributed by atoms with Crippen molar-refractivity contribution in [2.45, 2.75) is 51.6 Å². The maximum absolute atomic E-state index is 12.5. The van der Waals surface area contributed by atoms with Crippen molar-refractivity contribution in [2.24, 2.45) is 11.8 Å². The van der Waals surface area contributed by atoms with Crippen LogP contribution in [0.25, 0.3) is 0 Å². The second-order valence-corrected chi connectivity index (χ2v) is 5.89. The van der Waals surface area contributed by atoms with Crippen molar-refractivity contribution in [1.29, 1.82) is 0 Å². The van der Waals surface area contributed by atoms with Crippen molar-refractivity contribution in [1.82, 2.24) is 10.2 Å². The van der Waals surface area contributed by atoms with Gasteiger partial charge in [0.25, 0.3) is 0 Å². The molecule has 2 rings (SSSR count). The summed E-state index contributed by atoms with van der Waals surface area (Å²) in [5.74, 6) is -0.262. The van der Waals surface area contributed by atoms with Crippen molar-refractivity contribution >= 4 is 11.9 Å². The van der Waals surface area contributed by atoms with Crippen LogP contribution in [0.3, 0.4) is 0 Å². The van der Waals surface area contributed by atoms with Crippen LogP contribution < -0.4 is 5.32 Å². The summed E-state index contributed by atoms with van der Waals surface area (Å²) in [6.07, 6.45) is 3.82.